The van der Waals surface area contributed by atoms with Gasteiger partial charge in [-0.1, -0.05) is 83.2 Å². The summed E-state index contributed by atoms with van der Waals surface area (Å²) in [6.45, 7) is 10.0. The molecule has 9 aromatic rings. The molecular formula is C56H57N15O5S3+2. The number of rotatable bonds is 23. The van der Waals surface area contributed by atoms with E-state index in [0.29, 0.717) is 74.1 Å². The van der Waals surface area contributed by atoms with E-state index in [9.17, 15) is 19.2 Å². The highest BCUT2D eigenvalue weighted by molar-refractivity contribution is 8.01. The second-order valence-electron chi connectivity index (χ2n) is 18.8. The van der Waals surface area contributed by atoms with Crippen LogP contribution in [0.4, 0.5) is 17.1 Å². The molecule has 0 unspecified atom stereocenters. The summed E-state index contributed by atoms with van der Waals surface area (Å²) in [4.78, 5) is 68.8. The van der Waals surface area contributed by atoms with Gasteiger partial charge >= 0.3 is 23.2 Å². The normalized spacial score (nSPS) is 11.5. The van der Waals surface area contributed by atoms with Crippen LogP contribution in [0.1, 0.15) is 33.3 Å². The minimum atomic E-state index is -1.12. The fraction of sp³-hybridized carbons (Fsp3) is 0.232. The maximum absolute atomic E-state index is 14.4. The van der Waals surface area contributed by atoms with Gasteiger partial charge in [-0.25, -0.2) is 14.5 Å². The van der Waals surface area contributed by atoms with Crippen molar-refractivity contribution in [1.29, 1.82) is 0 Å². The summed E-state index contributed by atoms with van der Waals surface area (Å²) in [5.41, 5.74) is 4.29. The molecule has 20 nitrogen and oxygen atoms in total. The molecule has 0 spiro atoms. The van der Waals surface area contributed by atoms with Gasteiger partial charge in [0, 0.05) is 52.4 Å². The van der Waals surface area contributed by atoms with Gasteiger partial charge < -0.3 is 20.7 Å². The van der Waals surface area contributed by atoms with Crippen molar-refractivity contribution in [3.8, 4) is 40.3 Å². The molecule has 3 amide bonds. The highest BCUT2D eigenvalue weighted by atomic mass is 32.2. The predicted molar refractivity (Wildman–Crippen MR) is 304 cm³/mol. The quantitative estimate of drug-likeness (QED) is 0.0314. The van der Waals surface area contributed by atoms with Crippen molar-refractivity contribution >= 4 is 76.5 Å². The van der Waals surface area contributed by atoms with Crippen LogP contribution in [-0.4, -0.2) is 95.7 Å². The molecule has 0 saturated carbocycles. The largest absolute Gasteiger partial charge is 0.496 e. The standard InChI is InChI=1S/C56H55N15O5S3/c1-38-35-59-44(34-45(38)76-6)47-63-64-52(78-55(2,3)50(74)61-40-22-12-8-13-23-40)67(47)30-33-71-54(79-56(4,5)51(75)62-41-24-14-9-15-25-41)68(48(65-71)42-26-16-18-28-57-42)31-32-70-49(43-27-17-19-29-58-43)69(37-72)53(66-70)77-36-46(73)60-39-20-10-7-11-21-39/h7-29,34-35,37H,30-33,36H2,1-6H3,(H-2,60,61,62,73,74,75)/p+2. The predicted octanol–water partition coefficient (Wildman–Crippen LogP) is 7.94. The summed E-state index contributed by atoms with van der Waals surface area (Å²) in [7, 11) is 1.59. The Morgan fingerprint density at radius 2 is 1.25 bits per heavy atom. The number of nitrogens with one attached hydrogen (secondary N) is 3. The number of hydrogen-bond donors (Lipinski definition) is 3. The third-order valence-electron chi connectivity index (χ3n) is 12.2. The number of thioether (sulfide) groups is 3. The first-order chi connectivity index (χ1) is 38.2. The minimum absolute atomic E-state index is 0.0338. The fourth-order valence-corrected chi connectivity index (χ4v) is 10.9. The number of benzene rings is 3. The number of aryl methyl sites for hydroxylation is 3. The van der Waals surface area contributed by atoms with Crippen molar-refractivity contribution < 1.29 is 33.2 Å². The van der Waals surface area contributed by atoms with E-state index in [1.165, 1.54) is 28.1 Å². The SMILES string of the molecule is COc1cc(-c2nnc(SC(C)(C)C(=O)Nc3ccccc3)n2CCn2nc(-c3ccccn3)[n+](CC[n+]3nc(SCC(=O)Nc4ccccc4)n(C=O)c3-c3ccccn3)c2SC(C)(C)C(=O)Nc2ccccc2)ncc1C. The van der Waals surface area contributed by atoms with E-state index in [4.69, 9.17) is 24.9 Å². The second kappa shape index (κ2) is 24.8. The third kappa shape index (κ3) is 13.2. The van der Waals surface area contributed by atoms with Gasteiger partial charge in [0.2, 0.25) is 17.7 Å². The van der Waals surface area contributed by atoms with Gasteiger partial charge in [-0.15, -0.1) is 19.4 Å². The number of anilines is 3. The van der Waals surface area contributed by atoms with Gasteiger partial charge in [-0.2, -0.15) is 0 Å². The first kappa shape index (κ1) is 55.2. The number of amides is 3. The molecule has 9 rings (SSSR count). The summed E-state index contributed by atoms with van der Waals surface area (Å²) in [5.74, 6) is 1.10. The molecule has 0 fully saturated rings. The Hall–Kier alpha value is -8.54. The fourth-order valence-electron chi connectivity index (χ4n) is 8.09. The summed E-state index contributed by atoms with van der Waals surface area (Å²) in [6.07, 6.45) is 5.69. The van der Waals surface area contributed by atoms with Crippen molar-refractivity contribution in [2.24, 2.45) is 0 Å². The highest BCUT2D eigenvalue weighted by Gasteiger charge is 2.40. The zero-order chi connectivity index (χ0) is 55.5. The minimum Gasteiger partial charge on any atom is -0.496 e. The number of pyridine rings is 3. The lowest BCUT2D eigenvalue weighted by molar-refractivity contribution is -0.812. The van der Waals surface area contributed by atoms with Gasteiger partial charge in [-0.3, -0.25) is 28.7 Å². The number of carbonyl (C=O) groups excluding carboxylic acids is 4. The first-order valence-electron chi connectivity index (χ1n) is 25.1. The molecule has 0 atom stereocenters. The average Bonchev–Trinajstić information content (AvgIpc) is 4.27. The molecular weight excluding hydrogens is 1060 g/mol. The average molecular weight is 1120 g/mol. The first-order valence-corrected chi connectivity index (χ1v) is 27.7. The Labute approximate surface area is 468 Å². The van der Waals surface area contributed by atoms with Crippen LogP contribution in [-0.2, 0) is 45.4 Å². The van der Waals surface area contributed by atoms with E-state index in [-0.39, 0.29) is 54.8 Å². The van der Waals surface area contributed by atoms with Crippen LogP contribution >= 0.6 is 35.3 Å². The van der Waals surface area contributed by atoms with Crippen LogP contribution in [0, 0.1) is 6.92 Å². The van der Waals surface area contributed by atoms with Gasteiger partial charge in [0.05, 0.1) is 28.9 Å². The van der Waals surface area contributed by atoms with E-state index in [2.05, 4.69) is 31.1 Å². The Bertz CT molecular complexity index is 3580. The van der Waals surface area contributed by atoms with Gasteiger partial charge in [0.1, 0.15) is 36.8 Å². The zero-order valence-electron chi connectivity index (χ0n) is 44.2. The van der Waals surface area contributed by atoms with Crippen molar-refractivity contribution in [2.45, 2.75) is 85.8 Å². The second-order valence-corrected chi connectivity index (χ2v) is 22.9. The molecule has 6 heterocycles. The van der Waals surface area contributed by atoms with Gasteiger partial charge in [0.25, 0.3) is 5.16 Å². The number of methoxy groups -OCH3 is 1. The van der Waals surface area contributed by atoms with E-state index >= 15 is 0 Å². The highest BCUT2D eigenvalue weighted by Crippen LogP contribution is 2.37. The number of para-hydroxylation sites is 3. The molecule has 23 heteroatoms. The van der Waals surface area contributed by atoms with Crippen LogP contribution < -0.4 is 29.9 Å². The number of aromatic nitrogens is 12. The summed E-state index contributed by atoms with van der Waals surface area (Å²) in [6, 6.07) is 40.4. The zero-order valence-corrected chi connectivity index (χ0v) is 46.6. The Morgan fingerprint density at radius 1 is 0.671 bits per heavy atom. The van der Waals surface area contributed by atoms with Crippen LogP contribution in [0.3, 0.4) is 0 Å². The molecule has 0 aliphatic carbocycles. The molecule has 402 valence electrons. The van der Waals surface area contributed by atoms with Crippen LogP contribution in [0.2, 0.25) is 0 Å². The molecule has 3 aromatic carbocycles. The van der Waals surface area contributed by atoms with Crippen molar-refractivity contribution in [1.82, 2.24) is 49.2 Å². The molecule has 0 aliphatic heterocycles. The Balaban J connectivity index is 1.13. The summed E-state index contributed by atoms with van der Waals surface area (Å²) >= 11 is 3.68. The molecule has 0 aliphatic rings. The number of carbonyl (C=O) groups is 4. The summed E-state index contributed by atoms with van der Waals surface area (Å²) in [5, 5.41) is 29.9. The molecule has 3 N–H and O–H groups in total. The number of nitrogens with zero attached hydrogens (tertiary/aromatic N) is 12. The number of ether oxygens (including phenoxy) is 1. The third-order valence-corrected chi connectivity index (χ3v) is 15.7. The topological polar surface area (TPSA) is 226 Å². The lowest BCUT2D eigenvalue weighted by Crippen LogP contribution is -2.49. The maximum atomic E-state index is 14.4. The van der Waals surface area contributed by atoms with E-state index in [0.717, 1.165) is 17.3 Å². The molecule has 0 saturated heterocycles. The summed E-state index contributed by atoms with van der Waals surface area (Å²) < 4.78 is 12.4. The van der Waals surface area contributed by atoms with Crippen LogP contribution in [0.15, 0.2) is 168 Å². The van der Waals surface area contributed by atoms with Crippen molar-refractivity contribution in [3.05, 3.63) is 158 Å². The Morgan fingerprint density at radius 3 is 1.84 bits per heavy atom. The lowest BCUT2D eigenvalue weighted by atomic mass is 10.2. The van der Waals surface area contributed by atoms with Crippen molar-refractivity contribution in [2.75, 3.05) is 28.8 Å². The number of hydrogen-bond acceptors (Lipinski definition) is 15. The molecule has 0 bridgehead atoms. The van der Waals surface area contributed by atoms with Crippen LogP contribution in [0.5, 0.6) is 5.75 Å². The Kier molecular flexibility index (Phi) is 17.4. The smallest absolute Gasteiger partial charge is 0.338 e. The van der Waals surface area contributed by atoms with Gasteiger partial charge in [-0.05, 0) is 124 Å². The maximum Gasteiger partial charge on any atom is 0.338 e. The van der Waals surface area contributed by atoms with E-state index < -0.39 is 9.49 Å². The monoisotopic (exact) mass is 1120 g/mol. The molecule has 6 aromatic heterocycles. The van der Waals surface area contributed by atoms with E-state index in [1.54, 1.807) is 60.7 Å². The van der Waals surface area contributed by atoms with Crippen LogP contribution in [0.25, 0.3) is 34.6 Å². The lowest BCUT2D eigenvalue weighted by Gasteiger charge is -2.23. The van der Waals surface area contributed by atoms with E-state index in [1.807, 2.05) is 152 Å². The molecule has 0 radical (unpaired) electrons. The molecule has 79 heavy (non-hydrogen) atoms. The van der Waals surface area contributed by atoms with Crippen molar-refractivity contribution in [3.63, 3.8) is 0 Å². The van der Waals surface area contributed by atoms with Gasteiger partial charge in [0.15, 0.2) is 16.7 Å².